The van der Waals surface area contributed by atoms with Gasteiger partial charge in [-0.2, -0.15) is 5.10 Å². The molecule has 0 fully saturated rings. The Labute approximate surface area is 118 Å². The van der Waals surface area contributed by atoms with Gasteiger partial charge in [0.1, 0.15) is 0 Å². The average molecular weight is 279 g/mol. The first-order valence-electron chi connectivity index (χ1n) is 6.22. The lowest BCUT2D eigenvalue weighted by Gasteiger charge is -2.20. The molecule has 0 saturated carbocycles. The summed E-state index contributed by atoms with van der Waals surface area (Å²) in [6.45, 7) is 6.11. The Morgan fingerprint density at radius 2 is 2.11 bits per heavy atom. The molecule has 1 N–H and O–H groups in total. The lowest BCUT2D eigenvalue weighted by Crippen LogP contribution is -2.37. The van der Waals surface area contributed by atoms with Crippen molar-refractivity contribution in [2.24, 2.45) is 5.10 Å². The summed E-state index contributed by atoms with van der Waals surface area (Å²) in [4.78, 5) is 2.02. The first-order valence-corrected chi connectivity index (χ1v) is 6.63. The Morgan fingerprint density at radius 1 is 1.37 bits per heavy atom. The molecule has 0 unspecified atom stereocenters. The summed E-state index contributed by atoms with van der Waals surface area (Å²) in [6, 6.07) is 5.67. The van der Waals surface area contributed by atoms with Gasteiger partial charge in [-0.15, -0.1) is 0 Å². The lowest BCUT2D eigenvalue weighted by atomic mass is 10.2. The summed E-state index contributed by atoms with van der Waals surface area (Å²) in [5.41, 5.74) is 3.79. The average Bonchev–Trinajstić information content (AvgIpc) is 2.87. The van der Waals surface area contributed by atoms with Gasteiger partial charge >= 0.3 is 0 Å². The van der Waals surface area contributed by atoms with Gasteiger partial charge in [0.05, 0.1) is 6.21 Å². The molecule has 1 aliphatic heterocycles. The minimum absolute atomic E-state index is 0.278. The monoisotopic (exact) mass is 279 g/mol. The van der Waals surface area contributed by atoms with E-state index in [1.54, 1.807) is 6.21 Å². The van der Waals surface area contributed by atoms with Crippen LogP contribution in [0.25, 0.3) is 0 Å². The van der Waals surface area contributed by atoms with E-state index in [4.69, 9.17) is 21.7 Å². The molecule has 1 aromatic carbocycles. The van der Waals surface area contributed by atoms with Crippen molar-refractivity contribution in [3.63, 3.8) is 0 Å². The second-order valence-electron chi connectivity index (χ2n) is 3.96. The molecule has 0 aliphatic carbocycles. The predicted octanol–water partition coefficient (Wildman–Crippen LogP) is 1.97. The van der Waals surface area contributed by atoms with Crippen molar-refractivity contribution in [3.05, 3.63) is 23.8 Å². The molecule has 0 atom stereocenters. The van der Waals surface area contributed by atoms with Crippen LogP contribution in [0.4, 0.5) is 0 Å². The minimum Gasteiger partial charge on any atom is -0.454 e. The highest BCUT2D eigenvalue weighted by Gasteiger charge is 2.12. The maximum atomic E-state index is 5.30. The number of benzene rings is 1. The van der Waals surface area contributed by atoms with E-state index in [0.29, 0.717) is 5.11 Å². The molecule has 19 heavy (non-hydrogen) atoms. The Hall–Kier alpha value is -1.82. The molecule has 1 aliphatic rings. The fourth-order valence-corrected chi connectivity index (χ4v) is 2.05. The SMILES string of the molecule is CCN(CC)C(=S)N/N=C/c1ccc2c(c1)OCO2. The van der Waals surface area contributed by atoms with E-state index in [-0.39, 0.29) is 6.79 Å². The van der Waals surface area contributed by atoms with Crippen LogP contribution >= 0.6 is 12.2 Å². The summed E-state index contributed by atoms with van der Waals surface area (Å²) < 4.78 is 10.5. The molecule has 1 heterocycles. The second-order valence-corrected chi connectivity index (χ2v) is 4.35. The van der Waals surface area contributed by atoms with Gasteiger partial charge in [-0.3, -0.25) is 5.43 Å². The molecule has 0 amide bonds. The number of hydrogen-bond donors (Lipinski definition) is 1. The standard InChI is InChI=1S/C13H17N3O2S/c1-3-16(4-2)13(19)15-14-8-10-5-6-11-12(7-10)18-9-17-11/h5-8H,3-4,9H2,1-2H3,(H,15,19)/b14-8+. The summed E-state index contributed by atoms with van der Waals surface area (Å²) in [7, 11) is 0. The van der Waals surface area contributed by atoms with Crippen LogP contribution in [-0.2, 0) is 0 Å². The van der Waals surface area contributed by atoms with Crippen LogP contribution in [0, 0.1) is 0 Å². The van der Waals surface area contributed by atoms with Gasteiger partial charge in [0.15, 0.2) is 16.6 Å². The normalized spacial score (nSPS) is 12.7. The van der Waals surface area contributed by atoms with Crippen LogP contribution in [-0.4, -0.2) is 36.1 Å². The number of ether oxygens (including phenoxy) is 2. The molecular formula is C13H17N3O2S. The highest BCUT2D eigenvalue weighted by atomic mass is 32.1. The molecule has 0 spiro atoms. The summed E-state index contributed by atoms with van der Waals surface area (Å²) in [5, 5.41) is 4.76. The van der Waals surface area contributed by atoms with Crippen molar-refractivity contribution in [3.8, 4) is 11.5 Å². The zero-order chi connectivity index (χ0) is 13.7. The van der Waals surface area contributed by atoms with Crippen LogP contribution in [0.1, 0.15) is 19.4 Å². The molecular weight excluding hydrogens is 262 g/mol. The maximum Gasteiger partial charge on any atom is 0.231 e. The van der Waals surface area contributed by atoms with Crippen LogP contribution in [0.5, 0.6) is 11.5 Å². The van der Waals surface area contributed by atoms with E-state index in [0.717, 1.165) is 30.2 Å². The van der Waals surface area contributed by atoms with Crippen molar-refractivity contribution in [1.82, 2.24) is 10.3 Å². The van der Waals surface area contributed by atoms with Crippen molar-refractivity contribution in [2.45, 2.75) is 13.8 Å². The number of hydrazone groups is 1. The third kappa shape index (κ3) is 3.35. The quantitative estimate of drug-likeness (QED) is 0.518. The highest BCUT2D eigenvalue weighted by Crippen LogP contribution is 2.31. The van der Waals surface area contributed by atoms with E-state index in [1.165, 1.54) is 0 Å². The van der Waals surface area contributed by atoms with Crippen molar-refractivity contribution in [2.75, 3.05) is 19.9 Å². The number of thiocarbonyl (C=S) groups is 1. The highest BCUT2D eigenvalue weighted by molar-refractivity contribution is 7.80. The fourth-order valence-electron chi connectivity index (χ4n) is 1.74. The molecule has 6 heteroatoms. The van der Waals surface area contributed by atoms with E-state index in [1.807, 2.05) is 23.1 Å². The Bertz CT molecular complexity index is 487. The molecule has 5 nitrogen and oxygen atoms in total. The first kappa shape index (κ1) is 13.6. The fraction of sp³-hybridized carbons (Fsp3) is 0.385. The maximum absolute atomic E-state index is 5.30. The molecule has 0 aromatic heterocycles. The van der Waals surface area contributed by atoms with Crippen LogP contribution in [0.2, 0.25) is 0 Å². The van der Waals surface area contributed by atoms with Crippen molar-refractivity contribution < 1.29 is 9.47 Å². The first-order chi connectivity index (χ1) is 9.24. The van der Waals surface area contributed by atoms with Crippen LogP contribution in [0.15, 0.2) is 23.3 Å². The molecule has 2 rings (SSSR count). The smallest absolute Gasteiger partial charge is 0.231 e. The molecule has 0 bridgehead atoms. The number of rotatable bonds is 4. The molecule has 1 aromatic rings. The van der Waals surface area contributed by atoms with E-state index >= 15 is 0 Å². The third-order valence-corrected chi connectivity index (χ3v) is 3.17. The van der Waals surface area contributed by atoms with Gasteiger partial charge in [0.25, 0.3) is 0 Å². The predicted molar refractivity (Wildman–Crippen MR) is 78.8 cm³/mol. The van der Waals surface area contributed by atoms with Gasteiger partial charge in [-0.1, -0.05) is 0 Å². The zero-order valence-electron chi connectivity index (χ0n) is 11.0. The van der Waals surface area contributed by atoms with E-state index in [9.17, 15) is 0 Å². The number of hydrogen-bond acceptors (Lipinski definition) is 4. The largest absolute Gasteiger partial charge is 0.454 e. The van der Waals surface area contributed by atoms with Crippen molar-refractivity contribution in [1.29, 1.82) is 0 Å². The molecule has 102 valence electrons. The molecule has 0 radical (unpaired) electrons. The number of fused-ring (bicyclic) bond motifs is 1. The van der Waals surface area contributed by atoms with Gasteiger partial charge in [-0.05, 0) is 49.8 Å². The van der Waals surface area contributed by atoms with E-state index < -0.39 is 0 Å². The number of nitrogens with one attached hydrogen (secondary N) is 1. The third-order valence-electron chi connectivity index (χ3n) is 2.82. The van der Waals surface area contributed by atoms with Crippen LogP contribution < -0.4 is 14.9 Å². The summed E-state index contributed by atoms with van der Waals surface area (Å²) in [6.07, 6.45) is 1.71. The van der Waals surface area contributed by atoms with Crippen molar-refractivity contribution >= 4 is 23.5 Å². The van der Waals surface area contributed by atoms with Gasteiger partial charge in [0.2, 0.25) is 6.79 Å². The van der Waals surface area contributed by atoms with E-state index in [2.05, 4.69) is 24.4 Å². The summed E-state index contributed by atoms with van der Waals surface area (Å²) in [5.74, 6) is 1.51. The topological polar surface area (TPSA) is 46.1 Å². The Morgan fingerprint density at radius 3 is 2.84 bits per heavy atom. The van der Waals surface area contributed by atoms with Gasteiger partial charge in [0, 0.05) is 13.1 Å². The van der Waals surface area contributed by atoms with Gasteiger partial charge < -0.3 is 14.4 Å². The zero-order valence-corrected chi connectivity index (χ0v) is 11.9. The Balaban J connectivity index is 1.94. The van der Waals surface area contributed by atoms with Crippen LogP contribution in [0.3, 0.4) is 0 Å². The minimum atomic E-state index is 0.278. The molecule has 0 saturated heterocycles. The lowest BCUT2D eigenvalue weighted by molar-refractivity contribution is 0.174. The van der Waals surface area contributed by atoms with Gasteiger partial charge in [-0.25, -0.2) is 0 Å². The Kier molecular flexibility index (Phi) is 4.57. The summed E-state index contributed by atoms with van der Waals surface area (Å²) >= 11 is 5.22. The number of nitrogens with zero attached hydrogens (tertiary/aromatic N) is 2. The second kappa shape index (κ2) is 6.38.